The van der Waals surface area contributed by atoms with Gasteiger partial charge in [0, 0.05) is 16.8 Å². The number of aromatic nitrogens is 1. The van der Waals surface area contributed by atoms with Gasteiger partial charge in [0.1, 0.15) is 18.9 Å². The van der Waals surface area contributed by atoms with E-state index in [0.717, 1.165) is 49.3 Å². The summed E-state index contributed by atoms with van der Waals surface area (Å²) in [7, 11) is 0. The third-order valence-electron chi connectivity index (χ3n) is 5.76. The standard InChI is InChI=1S/C24H27FN4O2S/c1-17-2-3-18-15-19(23(30)27-22(18)14-17)16-29(9-8-28-10-12-31-13-11-28)24(32)26-21-6-4-20(25)5-7-21/h2-7,14-15H,8-13,16H2,1H3,(H,26,32)(H,27,30)/p+1. The highest BCUT2D eigenvalue weighted by atomic mass is 32.1. The highest BCUT2D eigenvalue weighted by Gasteiger charge is 2.19. The molecule has 1 saturated heterocycles. The highest BCUT2D eigenvalue weighted by Crippen LogP contribution is 2.15. The first-order chi connectivity index (χ1) is 15.5. The van der Waals surface area contributed by atoms with Crippen LogP contribution in [0.4, 0.5) is 10.1 Å². The number of fused-ring (bicyclic) bond motifs is 1. The molecule has 8 heteroatoms. The third-order valence-corrected chi connectivity index (χ3v) is 6.12. The second-order valence-corrected chi connectivity index (χ2v) is 8.57. The van der Waals surface area contributed by atoms with E-state index in [1.165, 1.54) is 17.0 Å². The largest absolute Gasteiger partial charge is 0.370 e. The minimum Gasteiger partial charge on any atom is -0.370 e. The lowest BCUT2D eigenvalue weighted by Crippen LogP contribution is -3.14. The quantitative estimate of drug-likeness (QED) is 0.497. The van der Waals surface area contributed by atoms with Gasteiger partial charge in [0.15, 0.2) is 5.11 Å². The van der Waals surface area contributed by atoms with Crippen LogP contribution in [0.5, 0.6) is 0 Å². The molecule has 32 heavy (non-hydrogen) atoms. The third kappa shape index (κ3) is 5.70. The Morgan fingerprint density at radius 1 is 1.19 bits per heavy atom. The summed E-state index contributed by atoms with van der Waals surface area (Å²) in [5.41, 5.74) is 3.18. The van der Waals surface area contributed by atoms with E-state index < -0.39 is 0 Å². The minimum absolute atomic E-state index is 0.114. The molecule has 1 aliphatic heterocycles. The normalized spacial score (nSPS) is 14.4. The zero-order valence-electron chi connectivity index (χ0n) is 18.1. The van der Waals surface area contributed by atoms with E-state index in [1.54, 1.807) is 12.1 Å². The molecule has 1 aromatic heterocycles. The van der Waals surface area contributed by atoms with Gasteiger partial charge in [-0.25, -0.2) is 4.39 Å². The summed E-state index contributed by atoms with van der Waals surface area (Å²) >= 11 is 5.69. The lowest BCUT2D eigenvalue weighted by atomic mass is 10.1. The zero-order chi connectivity index (χ0) is 22.5. The van der Waals surface area contributed by atoms with Crippen LogP contribution < -0.4 is 15.8 Å². The summed E-state index contributed by atoms with van der Waals surface area (Å²) in [5, 5.41) is 4.68. The van der Waals surface area contributed by atoms with Crippen LogP contribution in [-0.4, -0.2) is 54.4 Å². The summed E-state index contributed by atoms with van der Waals surface area (Å²) < 4.78 is 18.7. The van der Waals surface area contributed by atoms with E-state index in [1.807, 2.05) is 36.1 Å². The van der Waals surface area contributed by atoms with Gasteiger partial charge in [0.25, 0.3) is 5.56 Å². The van der Waals surface area contributed by atoms with Gasteiger partial charge < -0.3 is 24.8 Å². The molecular formula is C24H28FN4O2S+. The minimum atomic E-state index is -0.299. The first kappa shape index (κ1) is 22.4. The molecule has 0 amide bonds. The topological polar surface area (TPSA) is 61.8 Å². The van der Waals surface area contributed by atoms with E-state index >= 15 is 0 Å². The van der Waals surface area contributed by atoms with Crippen molar-refractivity contribution in [3.63, 3.8) is 0 Å². The van der Waals surface area contributed by atoms with Crippen molar-refractivity contribution < 1.29 is 14.0 Å². The molecule has 0 bridgehead atoms. The Kier molecular flexibility index (Phi) is 7.14. The number of morpholine rings is 1. The number of pyridine rings is 1. The summed E-state index contributed by atoms with van der Waals surface area (Å²) in [4.78, 5) is 19.2. The lowest BCUT2D eigenvalue weighted by molar-refractivity contribution is -0.907. The number of aryl methyl sites for hydroxylation is 1. The van der Waals surface area contributed by atoms with Gasteiger partial charge in [-0.2, -0.15) is 0 Å². The van der Waals surface area contributed by atoms with Crippen LogP contribution in [0.25, 0.3) is 10.9 Å². The fourth-order valence-corrected chi connectivity index (χ4v) is 4.15. The molecule has 0 saturated carbocycles. The number of hydrogen-bond acceptors (Lipinski definition) is 3. The fourth-order valence-electron chi connectivity index (χ4n) is 3.87. The average molecular weight is 456 g/mol. The van der Waals surface area contributed by atoms with Crippen LogP contribution in [0, 0.1) is 12.7 Å². The lowest BCUT2D eigenvalue weighted by Gasteiger charge is -2.29. The molecule has 0 radical (unpaired) electrons. The van der Waals surface area contributed by atoms with Crippen molar-refractivity contribution in [2.75, 3.05) is 44.7 Å². The maximum absolute atomic E-state index is 13.3. The highest BCUT2D eigenvalue weighted by molar-refractivity contribution is 7.80. The average Bonchev–Trinajstić information content (AvgIpc) is 2.79. The molecule has 1 aliphatic rings. The van der Waals surface area contributed by atoms with Gasteiger partial charge in [0.05, 0.1) is 32.8 Å². The number of thiocarbonyl (C=S) groups is 1. The first-order valence-electron chi connectivity index (χ1n) is 10.8. The number of aromatic amines is 1. The maximum atomic E-state index is 13.3. The van der Waals surface area contributed by atoms with Crippen molar-refractivity contribution in [3.05, 3.63) is 75.8 Å². The molecule has 4 rings (SSSR count). The molecule has 6 nitrogen and oxygen atoms in total. The molecule has 3 aromatic rings. The van der Waals surface area contributed by atoms with E-state index in [9.17, 15) is 9.18 Å². The van der Waals surface area contributed by atoms with Gasteiger partial charge in [-0.3, -0.25) is 4.79 Å². The summed E-state index contributed by atoms with van der Waals surface area (Å²) in [6.07, 6.45) is 0. The van der Waals surface area contributed by atoms with Crippen molar-refractivity contribution >= 4 is 33.9 Å². The van der Waals surface area contributed by atoms with Gasteiger partial charge in [-0.05, 0) is 66.5 Å². The molecule has 3 N–H and O–H groups in total. The van der Waals surface area contributed by atoms with E-state index in [-0.39, 0.29) is 11.4 Å². The summed E-state index contributed by atoms with van der Waals surface area (Å²) in [6.45, 7) is 7.41. The van der Waals surface area contributed by atoms with Crippen LogP contribution in [-0.2, 0) is 11.3 Å². The Hall–Kier alpha value is -2.81. The second-order valence-electron chi connectivity index (χ2n) is 8.19. The Bertz CT molecular complexity index is 1140. The number of anilines is 1. The number of benzene rings is 2. The molecule has 0 unspecified atom stereocenters. The summed E-state index contributed by atoms with van der Waals surface area (Å²) in [5.74, 6) is -0.299. The summed E-state index contributed by atoms with van der Waals surface area (Å²) in [6, 6.07) is 14.0. The van der Waals surface area contributed by atoms with Crippen molar-refractivity contribution in [1.82, 2.24) is 9.88 Å². The number of nitrogens with zero attached hydrogens (tertiary/aromatic N) is 1. The van der Waals surface area contributed by atoms with Gasteiger partial charge >= 0.3 is 0 Å². The van der Waals surface area contributed by atoms with E-state index in [4.69, 9.17) is 17.0 Å². The Morgan fingerprint density at radius 2 is 1.94 bits per heavy atom. The zero-order valence-corrected chi connectivity index (χ0v) is 18.9. The Balaban J connectivity index is 1.54. The van der Waals surface area contributed by atoms with Gasteiger partial charge in [-0.1, -0.05) is 12.1 Å². The number of quaternary nitrogens is 1. The molecule has 0 spiro atoms. The van der Waals surface area contributed by atoms with Crippen LogP contribution >= 0.6 is 12.2 Å². The second kappa shape index (κ2) is 10.2. The van der Waals surface area contributed by atoms with Crippen LogP contribution in [0.2, 0.25) is 0 Å². The number of ether oxygens (including phenoxy) is 1. The van der Waals surface area contributed by atoms with Gasteiger partial charge in [0.2, 0.25) is 0 Å². The van der Waals surface area contributed by atoms with E-state index in [0.29, 0.717) is 29.5 Å². The number of rotatable bonds is 6. The van der Waals surface area contributed by atoms with Crippen LogP contribution in [0.1, 0.15) is 11.1 Å². The predicted octanol–water partition coefficient (Wildman–Crippen LogP) is 2.09. The van der Waals surface area contributed by atoms with Crippen molar-refractivity contribution in [1.29, 1.82) is 0 Å². The number of halogens is 1. The van der Waals surface area contributed by atoms with Crippen molar-refractivity contribution in [3.8, 4) is 0 Å². The monoisotopic (exact) mass is 455 g/mol. The van der Waals surface area contributed by atoms with Crippen LogP contribution in [0.3, 0.4) is 0 Å². The number of hydrogen-bond donors (Lipinski definition) is 3. The van der Waals surface area contributed by atoms with Crippen molar-refractivity contribution in [2.45, 2.75) is 13.5 Å². The number of nitrogens with one attached hydrogen (secondary N) is 3. The SMILES string of the molecule is Cc1ccc2cc(CN(CC[NH+]3CCOCC3)C(=S)Nc3ccc(F)cc3)c(=O)[nH]c2c1. The maximum Gasteiger partial charge on any atom is 0.253 e. The molecular weight excluding hydrogens is 427 g/mol. The molecule has 2 heterocycles. The van der Waals surface area contributed by atoms with Crippen molar-refractivity contribution in [2.24, 2.45) is 0 Å². The smallest absolute Gasteiger partial charge is 0.253 e. The molecule has 0 aliphatic carbocycles. The predicted molar refractivity (Wildman–Crippen MR) is 129 cm³/mol. The molecule has 168 valence electrons. The number of H-pyrrole nitrogens is 1. The van der Waals surface area contributed by atoms with Crippen LogP contribution in [0.15, 0.2) is 53.3 Å². The Labute approximate surface area is 192 Å². The molecule has 2 aromatic carbocycles. The Morgan fingerprint density at radius 3 is 2.69 bits per heavy atom. The van der Waals surface area contributed by atoms with E-state index in [2.05, 4.69) is 10.3 Å². The fraction of sp³-hybridized carbons (Fsp3) is 0.333. The van der Waals surface area contributed by atoms with Gasteiger partial charge in [-0.15, -0.1) is 0 Å². The molecule has 0 atom stereocenters. The molecule has 1 fully saturated rings. The first-order valence-corrected chi connectivity index (χ1v) is 11.2.